The van der Waals surface area contributed by atoms with Gasteiger partial charge in [0.25, 0.3) is 0 Å². The third-order valence-electron chi connectivity index (χ3n) is 9.36. The Morgan fingerprint density at radius 2 is 1.42 bits per heavy atom. The molecule has 1 aromatic heterocycles. The van der Waals surface area contributed by atoms with Crippen LogP contribution >= 0.6 is 0 Å². The summed E-state index contributed by atoms with van der Waals surface area (Å²) in [7, 11) is 0. The number of carbonyl (C=O) groups is 1. The van der Waals surface area contributed by atoms with Crippen LogP contribution in [0.15, 0.2) is 66.7 Å². The molecule has 0 unspecified atom stereocenters. The number of aromatic nitrogens is 2. The molecule has 0 aliphatic carbocycles. The zero-order valence-electron chi connectivity index (χ0n) is 30.5. The number of nitrogens with zero attached hydrogens (tertiary/aromatic N) is 2. The molecule has 0 amide bonds. The van der Waals surface area contributed by atoms with Crippen molar-refractivity contribution in [2.75, 3.05) is 0 Å². The Morgan fingerprint density at radius 3 is 1.96 bits per heavy atom. The van der Waals surface area contributed by atoms with Crippen molar-refractivity contribution in [3.05, 3.63) is 95.3 Å². The minimum atomic E-state index is -5.03. The van der Waals surface area contributed by atoms with Gasteiger partial charge in [-0.1, -0.05) is 83.7 Å². The van der Waals surface area contributed by atoms with Crippen LogP contribution in [0.3, 0.4) is 0 Å². The second-order valence-electron chi connectivity index (χ2n) is 13.8. The minimum absolute atomic E-state index is 0. The van der Waals surface area contributed by atoms with Gasteiger partial charge in [0.15, 0.2) is 5.78 Å². The van der Waals surface area contributed by atoms with E-state index < -0.39 is 56.4 Å². The van der Waals surface area contributed by atoms with Gasteiger partial charge < -0.3 is 5.11 Å². The minimum Gasteiger partial charge on any atom is -0.512 e. The summed E-state index contributed by atoms with van der Waals surface area (Å²) in [5, 5.41) is 9.10. The second-order valence-corrected chi connectivity index (χ2v) is 13.8. The van der Waals surface area contributed by atoms with E-state index in [1.165, 1.54) is 6.08 Å². The van der Waals surface area contributed by atoms with Crippen LogP contribution in [0.2, 0.25) is 0 Å². The van der Waals surface area contributed by atoms with Gasteiger partial charge in [-0.05, 0) is 48.6 Å². The van der Waals surface area contributed by atoms with Crippen molar-refractivity contribution < 1.29 is 60.7 Å². The maximum Gasteiger partial charge on any atom is 0.419 e. The van der Waals surface area contributed by atoms with E-state index in [4.69, 9.17) is 0 Å². The van der Waals surface area contributed by atoms with Gasteiger partial charge in [-0.3, -0.25) is 9.78 Å². The van der Waals surface area contributed by atoms with Crippen LogP contribution in [0, 0.1) is 23.7 Å². The van der Waals surface area contributed by atoms with E-state index in [1.54, 1.807) is 18.2 Å². The molecule has 5 rings (SSSR count). The first kappa shape index (κ1) is 43.5. The van der Waals surface area contributed by atoms with Gasteiger partial charge in [-0.2, -0.15) is 26.3 Å². The molecule has 0 bridgehead atoms. The summed E-state index contributed by atoms with van der Waals surface area (Å²) in [6.07, 6.45) is -4.11. The van der Waals surface area contributed by atoms with Crippen LogP contribution in [0.1, 0.15) is 90.8 Å². The Kier molecular flexibility index (Phi) is 14.0. The number of hydrogen-bond acceptors (Lipinski definition) is 4. The third kappa shape index (κ3) is 9.44. The summed E-state index contributed by atoms with van der Waals surface area (Å²) in [4.78, 5) is 19.6. The number of hydrogen-bond donors (Lipinski definition) is 1. The van der Waals surface area contributed by atoms with Crippen LogP contribution in [-0.4, -0.2) is 20.9 Å². The molecule has 0 spiro atoms. The molecule has 4 nitrogen and oxygen atoms in total. The SMILES string of the molecule is CC(C)(C)c1cc(-c2ncnc3c(C(F)(F)F)c4ccc(C(F)(F)F)cc4c(F)c23)[c-]c2ccccc12.CCC(CC)C(=O)/C=C(\O)C(CC)CC.[Ir]. The molecule has 0 saturated carbocycles. The first-order valence-corrected chi connectivity index (χ1v) is 17.2. The van der Waals surface area contributed by atoms with Crippen LogP contribution in [-0.2, 0) is 42.7 Å². The van der Waals surface area contributed by atoms with Crippen LogP contribution in [0.4, 0.5) is 30.7 Å². The van der Waals surface area contributed by atoms with E-state index in [2.05, 4.69) is 16.0 Å². The Labute approximate surface area is 318 Å². The molecular weight excluding hydrogens is 878 g/mol. The van der Waals surface area contributed by atoms with Crippen LogP contribution < -0.4 is 0 Å². The van der Waals surface area contributed by atoms with E-state index in [9.17, 15) is 36.2 Å². The number of alkyl halides is 6. The monoisotopic (exact) mass is 920 g/mol. The van der Waals surface area contributed by atoms with Crippen molar-refractivity contribution in [1.29, 1.82) is 0 Å². The molecule has 1 N–H and O–H groups in total. The quantitative estimate of drug-likeness (QED) is 0.0554. The molecule has 4 aromatic carbocycles. The van der Waals surface area contributed by atoms with E-state index >= 15 is 4.39 Å². The number of aliphatic hydroxyl groups excluding tert-OH is 1. The van der Waals surface area contributed by atoms with Gasteiger partial charge >= 0.3 is 12.4 Å². The Morgan fingerprint density at radius 1 is 0.811 bits per heavy atom. The largest absolute Gasteiger partial charge is 0.512 e. The zero-order chi connectivity index (χ0) is 38.8. The number of aliphatic hydroxyl groups is 1. The molecule has 0 saturated heterocycles. The Bertz CT molecular complexity index is 2110. The summed E-state index contributed by atoms with van der Waals surface area (Å²) in [6, 6.07) is 13.5. The summed E-state index contributed by atoms with van der Waals surface area (Å²) < 4.78 is 98.9. The predicted octanol–water partition coefficient (Wildman–Crippen LogP) is 12.7. The number of ketones is 1. The number of benzene rings is 4. The van der Waals surface area contributed by atoms with Crippen molar-refractivity contribution >= 4 is 38.2 Å². The standard InChI is InChI=1S/C28H18F7N2.C13H24O2.Ir/c1-26(2,3)20-11-15(10-14-6-4-5-7-17(14)20)24-21-23(29)19-12-16(27(30,31)32)8-9-18(19)22(28(33,34)35)25(21)37-13-36-24;1-5-10(6-2)12(14)9-13(15)11(7-3)8-4;/h4-9,11-13H,1-3H3;9-11,14H,5-8H2,1-4H3;/q-1;;/b;12-9-;. The fourth-order valence-corrected chi connectivity index (χ4v) is 6.41. The predicted molar refractivity (Wildman–Crippen MR) is 191 cm³/mol. The molecule has 0 aliphatic heterocycles. The van der Waals surface area contributed by atoms with Crippen molar-refractivity contribution in [3.63, 3.8) is 0 Å². The number of fused-ring (bicyclic) bond motifs is 3. The van der Waals surface area contributed by atoms with Gasteiger partial charge in [-0.15, -0.1) is 29.1 Å². The van der Waals surface area contributed by atoms with Gasteiger partial charge in [0.2, 0.25) is 0 Å². The zero-order valence-corrected chi connectivity index (χ0v) is 32.9. The van der Waals surface area contributed by atoms with Gasteiger partial charge in [0.05, 0.1) is 22.4 Å². The fourth-order valence-electron chi connectivity index (χ4n) is 6.41. The maximum absolute atomic E-state index is 16.0. The number of rotatable bonds is 8. The van der Waals surface area contributed by atoms with Crippen molar-refractivity contribution in [1.82, 2.24) is 9.97 Å². The van der Waals surface area contributed by atoms with Crippen molar-refractivity contribution in [2.24, 2.45) is 11.8 Å². The maximum atomic E-state index is 16.0. The first-order valence-electron chi connectivity index (χ1n) is 17.2. The number of carbonyl (C=O) groups excluding carboxylic acids is 1. The van der Waals surface area contributed by atoms with Crippen molar-refractivity contribution in [2.45, 2.75) is 91.9 Å². The third-order valence-corrected chi connectivity index (χ3v) is 9.36. The second kappa shape index (κ2) is 17.1. The normalized spacial score (nSPS) is 12.7. The fraction of sp³-hybridized carbons (Fsp3) is 0.390. The van der Waals surface area contributed by atoms with E-state index in [-0.39, 0.29) is 54.7 Å². The molecule has 5 aromatic rings. The molecule has 0 atom stereocenters. The van der Waals surface area contributed by atoms with Gasteiger partial charge in [0.1, 0.15) is 12.1 Å². The Balaban J connectivity index is 0.000000403. The van der Waals surface area contributed by atoms with Gasteiger partial charge in [0, 0.05) is 54.5 Å². The average molecular weight is 920 g/mol. The number of allylic oxidation sites excluding steroid dienone is 2. The summed E-state index contributed by atoms with van der Waals surface area (Å²) >= 11 is 0. The summed E-state index contributed by atoms with van der Waals surface area (Å²) in [5.41, 5.74) is -2.90. The molecule has 0 aliphatic rings. The van der Waals surface area contributed by atoms with Crippen molar-refractivity contribution in [3.8, 4) is 11.3 Å². The topological polar surface area (TPSA) is 63.1 Å². The van der Waals surface area contributed by atoms with E-state index in [1.807, 2.05) is 60.6 Å². The first-order chi connectivity index (χ1) is 24.3. The summed E-state index contributed by atoms with van der Waals surface area (Å²) in [5.74, 6) is -0.718. The average Bonchev–Trinajstić information content (AvgIpc) is 3.07. The number of halogens is 7. The van der Waals surface area contributed by atoms with E-state index in [0.717, 1.165) is 43.0 Å². The molecular formula is C41H42F7IrN2O2-. The summed E-state index contributed by atoms with van der Waals surface area (Å²) in [6.45, 7) is 13.9. The molecule has 12 heteroatoms. The smallest absolute Gasteiger partial charge is 0.419 e. The Hall–Kier alpha value is -3.89. The molecule has 1 radical (unpaired) electrons. The molecule has 287 valence electrons. The molecule has 53 heavy (non-hydrogen) atoms. The van der Waals surface area contributed by atoms with E-state index in [0.29, 0.717) is 23.6 Å². The molecule has 1 heterocycles. The van der Waals surface area contributed by atoms with Crippen LogP contribution in [0.25, 0.3) is 43.7 Å². The molecule has 0 fully saturated rings. The van der Waals surface area contributed by atoms with Gasteiger partial charge in [-0.25, -0.2) is 9.37 Å². The van der Waals surface area contributed by atoms with Crippen LogP contribution in [0.5, 0.6) is 0 Å².